The van der Waals surface area contributed by atoms with E-state index in [0.717, 1.165) is 18.4 Å². The van der Waals surface area contributed by atoms with Crippen molar-refractivity contribution in [1.82, 2.24) is 30.9 Å². The van der Waals surface area contributed by atoms with E-state index in [2.05, 4.69) is 30.6 Å². The van der Waals surface area contributed by atoms with Crippen LogP contribution in [0.1, 0.15) is 97.4 Å². The molecule has 1 aromatic carbocycles. The number of nitrogens with zero attached hydrogens (tertiary/aromatic N) is 3. The highest BCUT2D eigenvalue weighted by molar-refractivity contribution is 5.93. The lowest BCUT2D eigenvalue weighted by Gasteiger charge is -2.34. The molecule has 13 heteroatoms. The first-order chi connectivity index (χ1) is 19.5. The molecule has 3 aliphatic carbocycles. The molecule has 2 atom stereocenters. The van der Waals surface area contributed by atoms with E-state index in [1.165, 1.54) is 0 Å². The van der Waals surface area contributed by atoms with Crippen LogP contribution in [0.3, 0.4) is 0 Å². The zero-order chi connectivity index (χ0) is 28.9. The van der Waals surface area contributed by atoms with Crippen LogP contribution in [0.4, 0.5) is 17.6 Å². The fraction of sp³-hybridized carbons (Fsp3) is 0.607. The SMILES string of the molecule is Cc1nonc1C(=O)N[C@H](c1nc2ccc([C@H](NC(=O)CC3CC(F)(F)C3)C3CC3)cc2[nH]1)C1CCC(F)(F)CC1. The van der Waals surface area contributed by atoms with Gasteiger partial charge in [0, 0.05) is 32.1 Å². The van der Waals surface area contributed by atoms with Gasteiger partial charge in [0.2, 0.25) is 17.8 Å². The van der Waals surface area contributed by atoms with Gasteiger partial charge in [-0.3, -0.25) is 9.59 Å². The van der Waals surface area contributed by atoms with Crippen molar-refractivity contribution in [2.24, 2.45) is 17.8 Å². The summed E-state index contributed by atoms with van der Waals surface area (Å²) in [5, 5.41) is 13.3. The van der Waals surface area contributed by atoms with Gasteiger partial charge in [-0.25, -0.2) is 27.2 Å². The van der Waals surface area contributed by atoms with E-state index in [4.69, 9.17) is 4.98 Å². The van der Waals surface area contributed by atoms with Crippen LogP contribution in [0.5, 0.6) is 0 Å². The minimum Gasteiger partial charge on any atom is -0.349 e. The Morgan fingerprint density at radius 2 is 1.71 bits per heavy atom. The van der Waals surface area contributed by atoms with E-state index in [-0.39, 0.29) is 80.3 Å². The Kier molecular flexibility index (Phi) is 7.01. The second kappa shape index (κ2) is 10.4. The number of hydrogen-bond acceptors (Lipinski definition) is 6. The number of amides is 2. The molecule has 2 amide bonds. The Morgan fingerprint density at radius 1 is 1.00 bits per heavy atom. The number of carbonyl (C=O) groups excluding carboxylic acids is 2. The lowest BCUT2D eigenvalue weighted by atomic mass is 9.79. The number of benzene rings is 1. The number of H-pyrrole nitrogens is 1. The Morgan fingerprint density at radius 3 is 2.34 bits per heavy atom. The highest BCUT2D eigenvalue weighted by atomic mass is 19.3. The first kappa shape index (κ1) is 27.6. The number of carbonyl (C=O) groups is 2. The van der Waals surface area contributed by atoms with Crippen LogP contribution in [-0.2, 0) is 4.79 Å². The lowest BCUT2D eigenvalue weighted by molar-refractivity contribution is -0.134. The molecule has 0 unspecified atom stereocenters. The van der Waals surface area contributed by atoms with Crippen molar-refractivity contribution in [3.63, 3.8) is 0 Å². The van der Waals surface area contributed by atoms with Gasteiger partial charge >= 0.3 is 0 Å². The molecule has 6 rings (SSSR count). The minimum atomic E-state index is -2.73. The van der Waals surface area contributed by atoms with Crippen molar-refractivity contribution in [3.05, 3.63) is 41.0 Å². The summed E-state index contributed by atoms with van der Waals surface area (Å²) in [6.45, 7) is 1.58. The number of alkyl halides is 4. The largest absolute Gasteiger partial charge is 0.349 e. The molecular weight excluding hydrogens is 544 g/mol. The summed E-state index contributed by atoms with van der Waals surface area (Å²) in [6, 6.07) is 4.67. The molecule has 3 fully saturated rings. The second-order valence-corrected chi connectivity index (χ2v) is 12.0. The number of hydrogen-bond donors (Lipinski definition) is 3. The predicted molar refractivity (Wildman–Crippen MR) is 138 cm³/mol. The van der Waals surface area contributed by atoms with Gasteiger partial charge in [0.1, 0.15) is 11.5 Å². The summed E-state index contributed by atoms with van der Waals surface area (Å²) in [5.74, 6) is -6.05. The maximum Gasteiger partial charge on any atom is 0.276 e. The number of fused-ring (bicyclic) bond motifs is 1. The lowest BCUT2D eigenvalue weighted by Crippen LogP contribution is -2.39. The zero-order valence-electron chi connectivity index (χ0n) is 22.6. The van der Waals surface area contributed by atoms with Gasteiger partial charge in [0.15, 0.2) is 5.69 Å². The molecule has 9 nitrogen and oxygen atoms in total. The molecule has 220 valence electrons. The zero-order valence-corrected chi connectivity index (χ0v) is 22.6. The molecule has 0 saturated heterocycles. The van der Waals surface area contributed by atoms with Gasteiger partial charge < -0.3 is 15.6 Å². The maximum absolute atomic E-state index is 14.0. The first-order valence-electron chi connectivity index (χ1n) is 14.1. The smallest absolute Gasteiger partial charge is 0.276 e. The minimum absolute atomic E-state index is 0.0168. The third kappa shape index (κ3) is 6.08. The van der Waals surface area contributed by atoms with Crippen LogP contribution in [0, 0.1) is 24.7 Å². The van der Waals surface area contributed by atoms with Crippen LogP contribution in [0.15, 0.2) is 22.8 Å². The Labute approximate surface area is 233 Å². The molecule has 3 N–H and O–H groups in total. The van der Waals surface area contributed by atoms with Gasteiger partial charge in [0.05, 0.1) is 23.1 Å². The van der Waals surface area contributed by atoms with Crippen molar-refractivity contribution >= 4 is 22.8 Å². The third-order valence-electron chi connectivity index (χ3n) is 8.62. The highest BCUT2D eigenvalue weighted by Crippen LogP contribution is 2.45. The average molecular weight is 577 g/mol. The van der Waals surface area contributed by atoms with E-state index in [0.29, 0.717) is 22.6 Å². The Balaban J connectivity index is 1.23. The average Bonchev–Trinajstić information content (AvgIpc) is 3.50. The summed E-state index contributed by atoms with van der Waals surface area (Å²) in [7, 11) is 0. The topological polar surface area (TPSA) is 126 Å². The van der Waals surface area contributed by atoms with Gasteiger partial charge in [-0.05, 0) is 73.2 Å². The normalized spacial score (nSPS) is 22.2. The molecule has 3 aliphatic rings. The van der Waals surface area contributed by atoms with Crippen LogP contribution in [-0.4, -0.2) is 43.9 Å². The van der Waals surface area contributed by atoms with E-state index in [9.17, 15) is 27.2 Å². The maximum atomic E-state index is 14.0. The first-order valence-corrected chi connectivity index (χ1v) is 14.1. The molecule has 2 heterocycles. The van der Waals surface area contributed by atoms with Crippen molar-refractivity contribution < 1.29 is 31.8 Å². The molecule has 41 heavy (non-hydrogen) atoms. The molecule has 2 aromatic heterocycles. The van der Waals surface area contributed by atoms with Crippen LogP contribution in [0.2, 0.25) is 0 Å². The van der Waals surface area contributed by atoms with Crippen LogP contribution >= 0.6 is 0 Å². The summed E-state index contributed by atoms with van der Waals surface area (Å²) in [6.07, 6.45) is 1.35. The van der Waals surface area contributed by atoms with Gasteiger partial charge in [-0.15, -0.1) is 0 Å². The van der Waals surface area contributed by atoms with Crippen molar-refractivity contribution in [2.45, 2.75) is 88.6 Å². The second-order valence-electron chi connectivity index (χ2n) is 12.0. The molecule has 0 bridgehead atoms. The number of halogens is 4. The molecule has 0 radical (unpaired) electrons. The fourth-order valence-corrected chi connectivity index (χ4v) is 6.17. The number of aryl methyl sites for hydroxylation is 1. The van der Waals surface area contributed by atoms with Crippen LogP contribution < -0.4 is 10.6 Å². The summed E-state index contributed by atoms with van der Waals surface area (Å²) < 4.78 is 59.0. The van der Waals surface area contributed by atoms with Crippen molar-refractivity contribution in [2.75, 3.05) is 0 Å². The number of nitrogens with one attached hydrogen (secondary N) is 3. The van der Waals surface area contributed by atoms with E-state index < -0.39 is 23.8 Å². The summed E-state index contributed by atoms with van der Waals surface area (Å²) in [5.41, 5.74) is 2.49. The molecule has 0 aliphatic heterocycles. The quantitative estimate of drug-likeness (QED) is 0.287. The van der Waals surface area contributed by atoms with E-state index >= 15 is 0 Å². The third-order valence-corrected chi connectivity index (χ3v) is 8.62. The standard InChI is InChI=1S/C28H32F4N6O3/c1-14-22(38-41-37-14)26(40)36-24(17-6-8-27(29,30)9-7-17)25-33-19-5-4-18(11-20(19)34-25)23(16-2-3-16)35-21(39)10-15-12-28(31,32)13-15/h4-5,11,15-17,23-24H,2-3,6-10,12-13H2,1H3,(H,33,34)(H,35,39)(H,36,40)/t23-,24+/m1/s1. The number of imidazole rings is 1. The molecule has 0 spiro atoms. The highest BCUT2D eigenvalue weighted by Gasteiger charge is 2.46. The molecule has 3 aromatic rings. The number of aromatic amines is 1. The molecule has 3 saturated carbocycles. The Hall–Kier alpha value is -3.51. The van der Waals surface area contributed by atoms with Gasteiger partial charge in [-0.1, -0.05) is 11.2 Å². The fourth-order valence-electron chi connectivity index (χ4n) is 6.17. The number of rotatable bonds is 9. The number of aromatic nitrogens is 4. The van der Waals surface area contributed by atoms with Gasteiger partial charge in [-0.2, -0.15) is 0 Å². The monoisotopic (exact) mass is 576 g/mol. The summed E-state index contributed by atoms with van der Waals surface area (Å²) >= 11 is 0. The van der Waals surface area contributed by atoms with Crippen molar-refractivity contribution in [3.8, 4) is 0 Å². The van der Waals surface area contributed by atoms with E-state index in [1.807, 2.05) is 18.2 Å². The molecular formula is C28H32F4N6O3. The Bertz CT molecular complexity index is 1430. The van der Waals surface area contributed by atoms with Crippen LogP contribution in [0.25, 0.3) is 11.0 Å². The van der Waals surface area contributed by atoms with Gasteiger partial charge in [0.25, 0.3) is 5.91 Å². The summed E-state index contributed by atoms with van der Waals surface area (Å²) in [4.78, 5) is 33.7. The van der Waals surface area contributed by atoms with E-state index in [1.54, 1.807) is 6.92 Å². The predicted octanol–water partition coefficient (Wildman–Crippen LogP) is 5.55. The van der Waals surface area contributed by atoms with Crippen molar-refractivity contribution in [1.29, 1.82) is 0 Å².